The second-order valence-corrected chi connectivity index (χ2v) is 9.78. The zero-order chi connectivity index (χ0) is 18.8. The molecule has 0 aliphatic rings. The minimum atomic E-state index is -3.58. The molecule has 1 amide bonds. The van der Waals surface area contributed by atoms with E-state index in [1.165, 1.54) is 6.92 Å². The molecule has 1 aromatic rings. The summed E-state index contributed by atoms with van der Waals surface area (Å²) >= 11 is 0. The average Bonchev–Trinajstić information content (AvgIpc) is 2.41. The zero-order valence-corrected chi connectivity index (χ0v) is 16.6. The third kappa shape index (κ3) is 5.60. The van der Waals surface area contributed by atoms with Crippen LogP contribution in [0.4, 0.5) is 0 Å². The number of hydrogen-bond acceptors (Lipinski definition) is 3. The minimum absolute atomic E-state index is 0.0234. The minimum Gasteiger partial charge on any atom is -0.337 e. The molecule has 1 N–H and O–H groups in total. The fourth-order valence-corrected chi connectivity index (χ4v) is 3.50. The molecule has 0 atom stereocenters. The second-order valence-electron chi connectivity index (χ2n) is 8.01. The zero-order valence-electron chi connectivity index (χ0n) is 15.8. The Bertz CT molecular complexity index is 666. The number of sulfonamides is 1. The van der Waals surface area contributed by atoms with Gasteiger partial charge in [-0.05, 0) is 43.9 Å². The van der Waals surface area contributed by atoms with Gasteiger partial charge >= 0.3 is 0 Å². The fourth-order valence-electron chi connectivity index (χ4n) is 2.47. The van der Waals surface area contributed by atoms with Crippen LogP contribution in [0.2, 0.25) is 0 Å². The van der Waals surface area contributed by atoms with Gasteiger partial charge in [0.25, 0.3) is 0 Å². The Morgan fingerprint density at radius 1 is 1.04 bits per heavy atom. The third-order valence-corrected chi connectivity index (χ3v) is 5.32. The molecular weight excluding hydrogens is 324 g/mol. The van der Waals surface area contributed by atoms with Crippen LogP contribution in [0.1, 0.15) is 54.0 Å². The molecule has 0 aliphatic heterocycles. The maximum absolute atomic E-state index is 12.4. The molecule has 0 radical (unpaired) electrons. The topological polar surface area (TPSA) is 66.5 Å². The van der Waals surface area contributed by atoms with Gasteiger partial charge in [0.1, 0.15) is 0 Å². The van der Waals surface area contributed by atoms with Crippen molar-refractivity contribution in [2.24, 2.45) is 0 Å². The van der Waals surface area contributed by atoms with Crippen molar-refractivity contribution in [2.75, 3.05) is 13.1 Å². The van der Waals surface area contributed by atoms with E-state index in [1.807, 2.05) is 32.9 Å². The highest BCUT2D eigenvalue weighted by Crippen LogP contribution is 2.23. The Labute approximate surface area is 146 Å². The van der Waals surface area contributed by atoms with Crippen molar-refractivity contribution in [1.29, 1.82) is 0 Å². The molecule has 0 heterocycles. The van der Waals surface area contributed by atoms with Crippen molar-refractivity contribution >= 4 is 15.9 Å². The quantitative estimate of drug-likeness (QED) is 0.884. The second kappa shape index (κ2) is 7.23. The largest absolute Gasteiger partial charge is 0.337 e. The van der Waals surface area contributed by atoms with E-state index in [1.54, 1.807) is 17.0 Å². The Kier molecular flexibility index (Phi) is 6.22. The molecule has 24 heavy (non-hydrogen) atoms. The summed E-state index contributed by atoms with van der Waals surface area (Å²) in [5, 5.41) is 0. The molecule has 1 rings (SSSR count). The first kappa shape index (κ1) is 20.6. The van der Waals surface area contributed by atoms with E-state index >= 15 is 0 Å². The molecule has 0 aromatic heterocycles. The molecule has 6 heteroatoms. The number of hydrogen-bond donors (Lipinski definition) is 1. The first-order valence-electron chi connectivity index (χ1n) is 8.13. The van der Waals surface area contributed by atoms with E-state index in [9.17, 15) is 13.2 Å². The predicted molar refractivity (Wildman–Crippen MR) is 97.5 cm³/mol. The predicted octanol–water partition coefficient (Wildman–Crippen LogP) is 2.91. The number of carbonyl (C=O) groups excluding carboxylic acids is 1. The van der Waals surface area contributed by atoms with Crippen LogP contribution >= 0.6 is 0 Å². The Morgan fingerprint density at radius 2 is 1.54 bits per heavy atom. The Hall–Kier alpha value is -1.40. The molecule has 136 valence electrons. The Morgan fingerprint density at radius 3 is 1.92 bits per heavy atom. The van der Waals surface area contributed by atoms with Crippen LogP contribution in [0.5, 0.6) is 0 Å². The number of carbonyl (C=O) groups is 1. The van der Waals surface area contributed by atoms with Crippen LogP contribution in [-0.4, -0.2) is 37.9 Å². The fraction of sp³-hybridized carbons (Fsp3) is 0.611. The van der Waals surface area contributed by atoms with Crippen molar-refractivity contribution in [1.82, 2.24) is 9.62 Å². The van der Waals surface area contributed by atoms with E-state index < -0.39 is 10.0 Å². The van der Waals surface area contributed by atoms with Gasteiger partial charge in [0.15, 0.2) is 0 Å². The lowest BCUT2D eigenvalue weighted by Gasteiger charge is -2.35. The number of nitrogens with one attached hydrogen (secondary N) is 1. The summed E-state index contributed by atoms with van der Waals surface area (Å²) in [6.45, 7) is 14.0. The highest BCUT2D eigenvalue weighted by molar-refractivity contribution is 7.89. The maximum Gasteiger partial charge on any atom is 0.240 e. The van der Waals surface area contributed by atoms with Crippen molar-refractivity contribution in [3.63, 3.8) is 0 Å². The highest BCUT2D eigenvalue weighted by atomic mass is 32.2. The van der Waals surface area contributed by atoms with Gasteiger partial charge in [-0.2, -0.15) is 0 Å². The van der Waals surface area contributed by atoms with Crippen molar-refractivity contribution in [3.05, 3.63) is 29.8 Å². The van der Waals surface area contributed by atoms with Gasteiger partial charge in [-0.1, -0.05) is 32.9 Å². The number of rotatable bonds is 5. The van der Waals surface area contributed by atoms with Gasteiger partial charge in [0.05, 0.1) is 4.90 Å². The molecule has 0 spiro atoms. The molecule has 0 bridgehead atoms. The van der Waals surface area contributed by atoms with E-state index in [-0.39, 0.29) is 28.3 Å². The van der Waals surface area contributed by atoms with Gasteiger partial charge in [-0.15, -0.1) is 0 Å². The number of nitrogens with zero attached hydrogens (tertiary/aromatic N) is 1. The first-order valence-corrected chi connectivity index (χ1v) is 9.62. The SMILES string of the molecule is CC(=O)N(CCNS(=O)(=O)c1ccc(C(C)(C)C)cc1)C(C)(C)C. The van der Waals surface area contributed by atoms with Crippen LogP contribution < -0.4 is 4.72 Å². The van der Waals surface area contributed by atoms with Crippen molar-refractivity contribution in [3.8, 4) is 0 Å². The van der Waals surface area contributed by atoms with E-state index in [0.717, 1.165) is 5.56 Å². The monoisotopic (exact) mass is 354 g/mol. The standard InChI is InChI=1S/C18H30N2O3S/c1-14(21)20(18(5,6)7)13-12-19-24(22,23)16-10-8-15(9-11-16)17(2,3)4/h8-11,19H,12-13H2,1-7H3. The van der Waals surface area contributed by atoms with E-state index in [0.29, 0.717) is 6.54 Å². The van der Waals surface area contributed by atoms with Gasteiger partial charge in [-0.3, -0.25) is 4.79 Å². The summed E-state index contributed by atoms with van der Waals surface area (Å²) in [7, 11) is -3.58. The van der Waals surface area contributed by atoms with E-state index in [2.05, 4.69) is 25.5 Å². The molecule has 0 saturated carbocycles. The summed E-state index contributed by atoms with van der Waals surface area (Å²) in [6, 6.07) is 6.92. The summed E-state index contributed by atoms with van der Waals surface area (Å²) in [5.74, 6) is -0.0729. The molecule has 0 saturated heterocycles. The van der Waals surface area contributed by atoms with Gasteiger partial charge in [0, 0.05) is 25.6 Å². The summed E-state index contributed by atoms with van der Waals surface area (Å²) < 4.78 is 27.3. The molecular formula is C18H30N2O3S. The lowest BCUT2D eigenvalue weighted by atomic mass is 9.87. The van der Waals surface area contributed by atoms with Crippen LogP contribution in [-0.2, 0) is 20.2 Å². The van der Waals surface area contributed by atoms with Crippen molar-refractivity contribution in [2.45, 2.75) is 64.3 Å². The number of benzene rings is 1. The first-order chi connectivity index (χ1) is 10.7. The van der Waals surface area contributed by atoms with Crippen LogP contribution in [0.25, 0.3) is 0 Å². The highest BCUT2D eigenvalue weighted by Gasteiger charge is 2.24. The van der Waals surface area contributed by atoms with Crippen LogP contribution in [0, 0.1) is 0 Å². The smallest absolute Gasteiger partial charge is 0.240 e. The Balaban J connectivity index is 2.79. The third-order valence-electron chi connectivity index (χ3n) is 3.85. The summed E-state index contributed by atoms with van der Waals surface area (Å²) in [5.41, 5.74) is 0.715. The van der Waals surface area contributed by atoms with Crippen LogP contribution in [0.3, 0.4) is 0 Å². The van der Waals surface area contributed by atoms with Gasteiger partial charge in [0.2, 0.25) is 15.9 Å². The average molecular weight is 355 g/mol. The van der Waals surface area contributed by atoms with Gasteiger partial charge in [-0.25, -0.2) is 13.1 Å². The molecule has 0 aliphatic carbocycles. The summed E-state index contributed by atoms with van der Waals surface area (Å²) in [6.07, 6.45) is 0. The molecule has 1 aromatic carbocycles. The maximum atomic E-state index is 12.4. The molecule has 5 nitrogen and oxygen atoms in total. The lowest BCUT2D eigenvalue weighted by molar-refractivity contribution is -0.133. The lowest BCUT2D eigenvalue weighted by Crippen LogP contribution is -2.48. The number of amides is 1. The van der Waals surface area contributed by atoms with Gasteiger partial charge < -0.3 is 4.90 Å². The molecule has 0 fully saturated rings. The van der Waals surface area contributed by atoms with Crippen molar-refractivity contribution < 1.29 is 13.2 Å². The normalized spacial score (nSPS) is 13.0. The molecule has 0 unspecified atom stereocenters. The van der Waals surface area contributed by atoms with E-state index in [4.69, 9.17) is 0 Å². The van der Waals surface area contributed by atoms with Crippen LogP contribution in [0.15, 0.2) is 29.2 Å². The summed E-state index contributed by atoms with van der Waals surface area (Å²) in [4.78, 5) is 13.6.